The maximum atomic E-state index is 6.02. The molecule has 0 heterocycles. The lowest BCUT2D eigenvalue weighted by Gasteiger charge is -2.06. The molecule has 0 rings (SSSR count). The lowest BCUT2D eigenvalue weighted by molar-refractivity contribution is 0.534. The van der Waals surface area contributed by atoms with E-state index in [1.165, 1.54) is 180 Å². The van der Waals surface area contributed by atoms with Crippen molar-refractivity contribution in [2.45, 2.75) is 194 Å². The van der Waals surface area contributed by atoms with Crippen LogP contribution in [-0.4, -0.2) is 19.0 Å². The topological polar surface area (TPSA) is 50.4 Å². The van der Waals surface area contributed by atoms with Gasteiger partial charge in [-0.25, -0.2) is 0 Å². The van der Waals surface area contributed by atoms with Crippen molar-refractivity contribution < 1.29 is 0 Å². The lowest BCUT2D eigenvalue weighted by atomic mass is 10.0. The highest BCUT2D eigenvalue weighted by Gasteiger charge is 1.97. The molecule has 0 aromatic heterocycles. The number of nitrogens with one attached hydrogen (secondary N) is 1. The van der Waals surface area contributed by atoms with Crippen LogP contribution in [0.3, 0.4) is 0 Å². The van der Waals surface area contributed by atoms with Crippen LogP contribution in [0.1, 0.15) is 194 Å². The predicted octanol–water partition coefficient (Wildman–Crippen LogP) is 10.9. The Balaban J connectivity index is 3.21. The van der Waals surface area contributed by atoms with Crippen molar-refractivity contribution in [1.82, 2.24) is 5.32 Å². The molecule has 0 aliphatic carbocycles. The van der Waals surface area contributed by atoms with Gasteiger partial charge in [-0.2, -0.15) is 0 Å². The van der Waals surface area contributed by atoms with Crippen molar-refractivity contribution in [2.24, 2.45) is 10.7 Å². The van der Waals surface area contributed by atoms with Gasteiger partial charge in [-0.15, -0.1) is 0 Å². The van der Waals surface area contributed by atoms with E-state index < -0.39 is 0 Å². The Morgan fingerprint density at radius 3 is 1.03 bits per heavy atom. The molecule has 216 valence electrons. The number of guanidine groups is 1. The second kappa shape index (κ2) is 32.3. The van der Waals surface area contributed by atoms with Crippen molar-refractivity contribution in [3.8, 4) is 0 Å². The highest BCUT2D eigenvalue weighted by Crippen LogP contribution is 2.14. The van der Waals surface area contributed by atoms with Crippen LogP contribution in [0.5, 0.6) is 0 Å². The van der Waals surface area contributed by atoms with Crippen molar-refractivity contribution >= 4 is 5.96 Å². The summed E-state index contributed by atoms with van der Waals surface area (Å²) < 4.78 is 0. The monoisotopic (exact) mass is 508 g/mol. The summed E-state index contributed by atoms with van der Waals surface area (Å²) in [6, 6.07) is 0. The van der Waals surface area contributed by atoms with Gasteiger partial charge in [0.15, 0.2) is 5.96 Å². The molecule has 0 radical (unpaired) electrons. The number of hydrogen-bond acceptors (Lipinski definition) is 1. The fraction of sp³-hybridized carbons (Fsp3) is 0.970. The quantitative estimate of drug-likeness (QED) is 0.0577. The third-order valence-electron chi connectivity index (χ3n) is 7.63. The minimum absolute atomic E-state index is 0.652. The van der Waals surface area contributed by atoms with E-state index in [-0.39, 0.29) is 0 Å². The summed E-state index contributed by atoms with van der Waals surface area (Å²) in [6.07, 6.45) is 39.2. The molecule has 0 aliphatic heterocycles. The first kappa shape index (κ1) is 35.3. The molecule has 3 N–H and O–H groups in total. The third kappa shape index (κ3) is 31.3. The number of rotatable bonds is 30. The van der Waals surface area contributed by atoms with E-state index in [9.17, 15) is 0 Å². The molecule has 3 heteroatoms. The lowest BCUT2D eigenvalue weighted by Crippen LogP contribution is -2.32. The van der Waals surface area contributed by atoms with E-state index in [4.69, 9.17) is 5.73 Å². The smallest absolute Gasteiger partial charge is 0.188 e. The number of unbranched alkanes of at least 4 members (excludes halogenated alkanes) is 26. The Kier molecular flexibility index (Phi) is 31.6. The van der Waals surface area contributed by atoms with Gasteiger partial charge in [0, 0.05) is 13.1 Å². The Labute approximate surface area is 228 Å². The number of hydrogen-bond donors (Lipinski definition) is 2. The van der Waals surface area contributed by atoms with Crippen LogP contribution in [0, 0.1) is 0 Å². The first-order valence-electron chi connectivity index (χ1n) is 16.8. The normalized spacial score (nSPS) is 11.9. The summed E-state index contributed by atoms with van der Waals surface area (Å²) in [6.45, 7) is 6.45. The molecular weight excluding hydrogens is 438 g/mol. The second-order valence-electron chi connectivity index (χ2n) is 11.4. The Bertz CT molecular complexity index is 421. The van der Waals surface area contributed by atoms with Gasteiger partial charge in [0.05, 0.1) is 0 Å². The Morgan fingerprint density at radius 2 is 0.694 bits per heavy atom. The molecule has 0 amide bonds. The summed E-state index contributed by atoms with van der Waals surface area (Å²) in [5.41, 5.74) is 6.02. The molecule has 0 aromatic rings. The van der Waals surface area contributed by atoms with E-state index in [1.807, 2.05) is 0 Å². The van der Waals surface area contributed by atoms with Crippen LogP contribution < -0.4 is 11.1 Å². The van der Waals surface area contributed by atoms with Crippen LogP contribution in [-0.2, 0) is 0 Å². The Hall–Kier alpha value is -0.730. The zero-order chi connectivity index (χ0) is 26.2. The van der Waals surface area contributed by atoms with E-state index in [0.717, 1.165) is 13.1 Å². The molecule has 0 spiro atoms. The van der Waals surface area contributed by atoms with Gasteiger partial charge < -0.3 is 11.1 Å². The molecule has 0 bridgehead atoms. The van der Waals surface area contributed by atoms with Crippen molar-refractivity contribution in [3.63, 3.8) is 0 Å². The van der Waals surface area contributed by atoms with E-state index in [0.29, 0.717) is 5.96 Å². The summed E-state index contributed by atoms with van der Waals surface area (Å²) >= 11 is 0. The van der Waals surface area contributed by atoms with Crippen LogP contribution in [0.15, 0.2) is 4.99 Å². The first-order chi connectivity index (χ1) is 17.8. The zero-order valence-electron chi connectivity index (χ0n) is 25.2. The molecule has 0 fully saturated rings. The Morgan fingerprint density at radius 1 is 0.417 bits per heavy atom. The maximum absolute atomic E-state index is 6.02. The van der Waals surface area contributed by atoms with E-state index in [2.05, 4.69) is 24.2 Å². The van der Waals surface area contributed by atoms with Gasteiger partial charge in [0.25, 0.3) is 0 Å². The summed E-state index contributed by atoms with van der Waals surface area (Å²) in [5, 5.41) is 3.30. The van der Waals surface area contributed by atoms with Gasteiger partial charge in [-0.1, -0.05) is 181 Å². The molecule has 0 aliphatic rings. The molecule has 3 nitrogen and oxygen atoms in total. The van der Waals surface area contributed by atoms with Crippen molar-refractivity contribution in [1.29, 1.82) is 0 Å². The molecular formula is C33H69N3. The standard InChI is InChI=1S/C33H69N3/c1-3-5-7-9-11-13-15-17-19-21-23-25-27-29-31-35-33(34)36-32-30-28-26-24-22-20-18-16-14-12-10-8-6-4-2/h3-32H2,1-2H3,(H3,34,35,36). The average Bonchev–Trinajstić information content (AvgIpc) is 2.88. The number of nitrogens with zero attached hydrogens (tertiary/aromatic N) is 1. The highest BCUT2D eigenvalue weighted by atomic mass is 15.1. The second-order valence-corrected chi connectivity index (χ2v) is 11.4. The zero-order valence-corrected chi connectivity index (χ0v) is 25.2. The molecule has 0 saturated carbocycles. The molecule has 0 saturated heterocycles. The fourth-order valence-electron chi connectivity index (χ4n) is 5.10. The highest BCUT2D eigenvalue weighted by molar-refractivity contribution is 5.77. The summed E-state index contributed by atoms with van der Waals surface area (Å²) in [5.74, 6) is 0.652. The average molecular weight is 508 g/mol. The third-order valence-corrected chi connectivity index (χ3v) is 7.63. The van der Waals surface area contributed by atoms with Gasteiger partial charge in [0.1, 0.15) is 0 Å². The maximum Gasteiger partial charge on any atom is 0.188 e. The molecule has 0 atom stereocenters. The van der Waals surface area contributed by atoms with Crippen molar-refractivity contribution in [2.75, 3.05) is 13.1 Å². The SMILES string of the molecule is CCCCCCCCCCCCCCCCN=C(N)NCCCCCCCCCCCCCCCC. The number of aliphatic imine (C=N–C) groups is 1. The predicted molar refractivity (Wildman–Crippen MR) is 165 cm³/mol. The van der Waals surface area contributed by atoms with Crippen LogP contribution >= 0.6 is 0 Å². The van der Waals surface area contributed by atoms with Gasteiger partial charge in [0.2, 0.25) is 0 Å². The first-order valence-corrected chi connectivity index (χ1v) is 16.8. The van der Waals surface area contributed by atoms with E-state index >= 15 is 0 Å². The molecule has 0 aromatic carbocycles. The van der Waals surface area contributed by atoms with Crippen molar-refractivity contribution in [3.05, 3.63) is 0 Å². The minimum atomic E-state index is 0.652. The minimum Gasteiger partial charge on any atom is -0.370 e. The van der Waals surface area contributed by atoms with Gasteiger partial charge in [-0.3, -0.25) is 4.99 Å². The van der Waals surface area contributed by atoms with Gasteiger partial charge >= 0.3 is 0 Å². The fourth-order valence-corrected chi connectivity index (χ4v) is 5.10. The van der Waals surface area contributed by atoms with E-state index in [1.54, 1.807) is 0 Å². The summed E-state index contributed by atoms with van der Waals surface area (Å²) in [4.78, 5) is 4.51. The van der Waals surface area contributed by atoms with Crippen LogP contribution in [0.2, 0.25) is 0 Å². The molecule has 36 heavy (non-hydrogen) atoms. The van der Waals surface area contributed by atoms with Crippen LogP contribution in [0.4, 0.5) is 0 Å². The van der Waals surface area contributed by atoms with Crippen LogP contribution in [0.25, 0.3) is 0 Å². The summed E-state index contributed by atoms with van der Waals surface area (Å²) in [7, 11) is 0. The largest absolute Gasteiger partial charge is 0.370 e. The molecule has 0 unspecified atom stereocenters. The van der Waals surface area contributed by atoms with Gasteiger partial charge in [-0.05, 0) is 12.8 Å². The number of nitrogens with two attached hydrogens (primary N) is 1.